The monoisotopic (exact) mass is 370 g/mol. The number of hydrogen-bond acceptors (Lipinski definition) is 5. The van der Waals surface area contributed by atoms with Crippen molar-refractivity contribution in [3.8, 4) is 17.2 Å². The molecule has 2 rings (SSSR count). The van der Waals surface area contributed by atoms with Crippen LogP contribution < -0.4 is 14.9 Å². The number of hydrazone groups is 1. The Morgan fingerprint density at radius 2 is 1.93 bits per heavy atom. The number of aromatic hydroxyl groups is 1. The van der Waals surface area contributed by atoms with Crippen LogP contribution in [-0.4, -0.2) is 30.4 Å². The van der Waals surface area contributed by atoms with Gasteiger partial charge in [-0.2, -0.15) is 5.10 Å². The first kappa shape index (κ1) is 20.3. The molecule has 2 N–H and O–H groups in total. The summed E-state index contributed by atoms with van der Waals surface area (Å²) in [6.07, 6.45) is 2.55. The largest absolute Gasteiger partial charge is 0.504 e. The highest BCUT2D eigenvalue weighted by Crippen LogP contribution is 2.26. The standard InChI is InChI=1S/C21H26N2O4/c1-4-15(3)17-7-9-18(10-8-17)27-14-21(25)23-22-13-16-6-11-19(24)20(12-16)26-5-2/h6-13,15,24H,4-5,14H2,1-3H3,(H,23,25)/b22-13+. The molecular weight excluding hydrogens is 344 g/mol. The molecule has 0 radical (unpaired) electrons. The minimum absolute atomic E-state index is 0.0609. The first-order valence-corrected chi connectivity index (χ1v) is 9.04. The predicted octanol–water partition coefficient (Wildman–Crippen LogP) is 3.83. The van der Waals surface area contributed by atoms with Crippen LogP contribution in [0, 0.1) is 0 Å². The van der Waals surface area contributed by atoms with Crippen LogP contribution >= 0.6 is 0 Å². The van der Waals surface area contributed by atoms with Crippen LogP contribution in [0.3, 0.4) is 0 Å². The summed E-state index contributed by atoms with van der Waals surface area (Å²) in [6.45, 7) is 6.47. The Balaban J connectivity index is 1.82. The molecule has 0 aliphatic heterocycles. The summed E-state index contributed by atoms with van der Waals surface area (Å²) >= 11 is 0. The Labute approximate surface area is 159 Å². The molecule has 1 unspecified atom stereocenters. The van der Waals surface area contributed by atoms with Gasteiger partial charge in [0.2, 0.25) is 0 Å². The molecule has 0 spiro atoms. The third-order valence-electron chi connectivity index (χ3n) is 4.12. The third kappa shape index (κ3) is 6.33. The summed E-state index contributed by atoms with van der Waals surface area (Å²) in [4.78, 5) is 11.8. The number of nitrogens with zero attached hydrogens (tertiary/aromatic N) is 1. The van der Waals surface area contributed by atoms with Crippen molar-refractivity contribution in [3.63, 3.8) is 0 Å². The highest BCUT2D eigenvalue weighted by atomic mass is 16.5. The first-order chi connectivity index (χ1) is 13.0. The van der Waals surface area contributed by atoms with Gasteiger partial charge in [-0.15, -0.1) is 0 Å². The quantitative estimate of drug-likeness (QED) is 0.519. The molecule has 144 valence electrons. The second kappa shape index (κ2) is 10.2. The molecule has 1 atom stereocenters. The van der Waals surface area contributed by atoms with Crippen LogP contribution in [0.1, 0.15) is 44.2 Å². The number of carbonyl (C=O) groups excluding carboxylic acids is 1. The van der Waals surface area contributed by atoms with E-state index in [1.807, 2.05) is 31.2 Å². The van der Waals surface area contributed by atoms with Gasteiger partial charge in [-0.05, 0) is 60.7 Å². The zero-order valence-electron chi connectivity index (χ0n) is 15.9. The average molecular weight is 370 g/mol. The van der Waals surface area contributed by atoms with Crippen LogP contribution in [-0.2, 0) is 4.79 Å². The topological polar surface area (TPSA) is 80.2 Å². The van der Waals surface area contributed by atoms with Crippen LogP contribution in [0.4, 0.5) is 0 Å². The van der Waals surface area contributed by atoms with E-state index in [0.717, 1.165) is 6.42 Å². The van der Waals surface area contributed by atoms with Crippen LogP contribution in [0.25, 0.3) is 0 Å². The van der Waals surface area contributed by atoms with Gasteiger partial charge in [0.15, 0.2) is 18.1 Å². The van der Waals surface area contributed by atoms with Gasteiger partial charge < -0.3 is 14.6 Å². The molecule has 2 aromatic rings. The molecule has 0 bridgehead atoms. The lowest BCUT2D eigenvalue weighted by molar-refractivity contribution is -0.123. The predicted molar refractivity (Wildman–Crippen MR) is 106 cm³/mol. The lowest BCUT2D eigenvalue weighted by atomic mass is 9.99. The van der Waals surface area contributed by atoms with E-state index in [1.54, 1.807) is 12.1 Å². The number of hydrogen-bond donors (Lipinski definition) is 2. The van der Waals surface area contributed by atoms with E-state index >= 15 is 0 Å². The maximum absolute atomic E-state index is 11.8. The fraction of sp³-hybridized carbons (Fsp3) is 0.333. The van der Waals surface area contributed by atoms with Crippen molar-refractivity contribution in [1.29, 1.82) is 0 Å². The van der Waals surface area contributed by atoms with Crippen molar-refractivity contribution in [2.45, 2.75) is 33.1 Å². The van der Waals surface area contributed by atoms with Crippen molar-refractivity contribution in [1.82, 2.24) is 5.43 Å². The zero-order chi connectivity index (χ0) is 19.6. The van der Waals surface area contributed by atoms with Crippen LogP contribution in [0.5, 0.6) is 17.2 Å². The smallest absolute Gasteiger partial charge is 0.277 e. The van der Waals surface area contributed by atoms with Gasteiger partial charge in [-0.25, -0.2) is 5.43 Å². The van der Waals surface area contributed by atoms with Gasteiger partial charge in [0.1, 0.15) is 5.75 Å². The first-order valence-electron chi connectivity index (χ1n) is 9.04. The summed E-state index contributed by atoms with van der Waals surface area (Å²) in [5.41, 5.74) is 4.35. The molecule has 0 heterocycles. The summed E-state index contributed by atoms with van der Waals surface area (Å²) in [5, 5.41) is 13.6. The van der Waals surface area contributed by atoms with Crippen molar-refractivity contribution < 1.29 is 19.4 Å². The maximum Gasteiger partial charge on any atom is 0.277 e. The number of phenols is 1. The van der Waals surface area contributed by atoms with Gasteiger partial charge in [0.25, 0.3) is 5.91 Å². The van der Waals surface area contributed by atoms with Crippen molar-refractivity contribution in [3.05, 3.63) is 53.6 Å². The van der Waals surface area contributed by atoms with Gasteiger partial charge in [-0.3, -0.25) is 4.79 Å². The highest BCUT2D eigenvalue weighted by molar-refractivity contribution is 5.83. The molecule has 0 aromatic heterocycles. The molecule has 6 heteroatoms. The third-order valence-corrected chi connectivity index (χ3v) is 4.12. The van der Waals surface area contributed by atoms with E-state index in [1.165, 1.54) is 17.8 Å². The lowest BCUT2D eigenvalue weighted by Gasteiger charge is -2.10. The minimum Gasteiger partial charge on any atom is -0.504 e. The average Bonchev–Trinajstić information content (AvgIpc) is 2.68. The molecule has 27 heavy (non-hydrogen) atoms. The van der Waals surface area contributed by atoms with Gasteiger partial charge in [0, 0.05) is 0 Å². The molecule has 6 nitrogen and oxygen atoms in total. The second-order valence-corrected chi connectivity index (χ2v) is 6.12. The summed E-state index contributed by atoms with van der Waals surface area (Å²) < 4.78 is 10.8. The van der Waals surface area contributed by atoms with E-state index < -0.39 is 0 Å². The van der Waals surface area contributed by atoms with E-state index in [4.69, 9.17) is 9.47 Å². The molecule has 1 amide bonds. The zero-order valence-corrected chi connectivity index (χ0v) is 15.9. The number of phenolic OH excluding ortho intramolecular Hbond substituents is 1. The van der Waals surface area contributed by atoms with Crippen molar-refractivity contribution in [2.75, 3.05) is 13.2 Å². The maximum atomic E-state index is 11.8. The van der Waals surface area contributed by atoms with Crippen LogP contribution in [0.15, 0.2) is 47.6 Å². The fourth-order valence-electron chi connectivity index (χ4n) is 2.37. The van der Waals surface area contributed by atoms with E-state index in [9.17, 15) is 9.90 Å². The molecule has 0 aliphatic rings. The highest BCUT2D eigenvalue weighted by Gasteiger charge is 2.05. The molecular formula is C21H26N2O4. The molecule has 0 aliphatic carbocycles. The Kier molecular flexibility index (Phi) is 7.67. The van der Waals surface area contributed by atoms with E-state index in [2.05, 4.69) is 24.4 Å². The molecule has 0 fully saturated rings. The van der Waals surface area contributed by atoms with Crippen molar-refractivity contribution in [2.24, 2.45) is 5.10 Å². The van der Waals surface area contributed by atoms with E-state index in [0.29, 0.717) is 29.6 Å². The van der Waals surface area contributed by atoms with Gasteiger partial charge >= 0.3 is 0 Å². The number of benzene rings is 2. The van der Waals surface area contributed by atoms with Crippen LogP contribution in [0.2, 0.25) is 0 Å². The SMILES string of the molecule is CCOc1cc(/C=N/NC(=O)COc2ccc(C(C)CC)cc2)ccc1O. The lowest BCUT2D eigenvalue weighted by Crippen LogP contribution is -2.24. The van der Waals surface area contributed by atoms with E-state index in [-0.39, 0.29) is 18.3 Å². The molecule has 2 aromatic carbocycles. The Hall–Kier alpha value is -3.02. The second-order valence-electron chi connectivity index (χ2n) is 6.12. The number of amides is 1. The number of carbonyl (C=O) groups is 1. The van der Waals surface area contributed by atoms with Gasteiger partial charge in [-0.1, -0.05) is 26.0 Å². The summed E-state index contributed by atoms with van der Waals surface area (Å²) in [5.74, 6) is 1.21. The minimum atomic E-state index is -0.360. The summed E-state index contributed by atoms with van der Waals surface area (Å²) in [7, 11) is 0. The van der Waals surface area contributed by atoms with Gasteiger partial charge in [0.05, 0.1) is 12.8 Å². The normalized spacial score (nSPS) is 12.0. The molecule has 0 saturated heterocycles. The fourth-order valence-corrected chi connectivity index (χ4v) is 2.37. The molecule has 0 saturated carbocycles. The van der Waals surface area contributed by atoms with Crippen molar-refractivity contribution >= 4 is 12.1 Å². The number of ether oxygens (including phenoxy) is 2. The Morgan fingerprint density at radius 1 is 1.19 bits per heavy atom. The summed E-state index contributed by atoms with van der Waals surface area (Å²) in [6, 6.07) is 12.6. The Morgan fingerprint density at radius 3 is 2.59 bits per heavy atom. The number of nitrogens with one attached hydrogen (secondary N) is 1. The number of rotatable bonds is 9. The Bertz CT molecular complexity index is 772.